The molecule has 0 radical (unpaired) electrons. The highest BCUT2D eigenvalue weighted by Crippen LogP contribution is 1.85. The number of carbonyl (C=O) groups excluding carboxylic acids is 1. The van der Waals surface area contributed by atoms with Crippen molar-refractivity contribution in [1.82, 2.24) is 0 Å². The van der Waals surface area contributed by atoms with E-state index in [1.807, 2.05) is 0 Å². The number of carboxylic acid groups (broad SMARTS) is 1. The second-order valence-corrected chi connectivity index (χ2v) is 5.56. The zero-order valence-electron chi connectivity index (χ0n) is 11.2. The number of aliphatic carboxylic acids is 1. The predicted molar refractivity (Wildman–Crippen MR) is 57.9 cm³/mol. The molecule has 0 rings (SSSR count). The van der Waals surface area contributed by atoms with E-state index in [1.165, 1.54) is 0 Å². The van der Waals surface area contributed by atoms with Gasteiger partial charge in [0, 0.05) is 0 Å². The van der Waals surface area contributed by atoms with Crippen molar-refractivity contribution in [3.8, 4) is 0 Å². The molecule has 0 spiro atoms. The highest BCUT2D eigenvalue weighted by molar-refractivity contribution is 5.65. The quantitative estimate of drug-likeness (QED) is 0.530. The number of quaternary nitrogens is 2. The Hall–Kier alpha value is -0.170. The molecule has 0 aliphatic rings. The van der Waals surface area contributed by atoms with Gasteiger partial charge in [-0.3, -0.25) is 0 Å². The zero-order valence-corrected chi connectivity index (χ0v) is 12.7. The maximum atomic E-state index is 9.89. The minimum absolute atomic E-state index is 0. The van der Waals surface area contributed by atoms with Crippen LogP contribution in [0.5, 0.6) is 0 Å². The molecule has 0 amide bonds. The summed E-state index contributed by atoms with van der Waals surface area (Å²) in [4.78, 5) is 9.89. The van der Waals surface area contributed by atoms with Gasteiger partial charge in [0.05, 0.1) is 54.9 Å². The standard InChI is InChI=1S/C5H11NO2.C5H14NO.BrH/c1-6(2,3)4-5(7)8;1-6(2,3)4-5-7;/h4H2,1-3H3;7H,4-5H2,1-3H3;1H/q;+1;/p-1. The van der Waals surface area contributed by atoms with E-state index in [0.717, 1.165) is 11.0 Å². The molecule has 0 aromatic carbocycles. The van der Waals surface area contributed by atoms with Gasteiger partial charge in [0.25, 0.3) is 0 Å². The van der Waals surface area contributed by atoms with Crippen LogP contribution in [0.2, 0.25) is 0 Å². The summed E-state index contributed by atoms with van der Waals surface area (Å²) in [6, 6.07) is 0. The van der Waals surface area contributed by atoms with Crippen LogP contribution in [0, 0.1) is 0 Å². The van der Waals surface area contributed by atoms with Gasteiger partial charge in [-0.05, 0) is 0 Å². The van der Waals surface area contributed by atoms with Crippen molar-refractivity contribution in [2.24, 2.45) is 0 Å². The van der Waals surface area contributed by atoms with E-state index in [9.17, 15) is 9.90 Å². The largest absolute Gasteiger partial charge is 1.00 e. The number of halogens is 1. The van der Waals surface area contributed by atoms with Gasteiger partial charge in [0.2, 0.25) is 0 Å². The molecule has 0 atom stereocenters. The lowest BCUT2D eigenvalue weighted by Crippen LogP contribution is -3.00. The first-order chi connectivity index (χ1) is 6.48. The average Bonchev–Trinajstić information content (AvgIpc) is 1.77. The summed E-state index contributed by atoms with van der Waals surface area (Å²) in [5, 5.41) is 18.3. The molecule has 100 valence electrons. The first-order valence-electron chi connectivity index (χ1n) is 4.89. The van der Waals surface area contributed by atoms with E-state index in [1.54, 1.807) is 21.1 Å². The zero-order chi connectivity index (χ0) is 12.7. The Balaban J connectivity index is -0.000000200. The molecule has 0 aliphatic heterocycles. The molecule has 0 heterocycles. The molecule has 0 bridgehead atoms. The number of nitrogens with zero attached hydrogens (tertiary/aromatic N) is 2. The molecule has 0 fully saturated rings. The Labute approximate surface area is 109 Å². The molecule has 6 heteroatoms. The Kier molecular flexibility index (Phi) is 11.8. The Morgan fingerprint density at radius 1 is 1.06 bits per heavy atom. The average molecular weight is 301 g/mol. The topological polar surface area (TPSA) is 60.4 Å². The molecule has 0 saturated carbocycles. The van der Waals surface area contributed by atoms with Crippen LogP contribution in [0.4, 0.5) is 0 Å². The highest BCUT2D eigenvalue weighted by Gasteiger charge is 2.04. The first kappa shape index (κ1) is 21.1. The minimum Gasteiger partial charge on any atom is -1.00 e. The number of carbonyl (C=O) groups is 1. The third-order valence-corrected chi connectivity index (χ3v) is 1.37. The number of carboxylic acids is 1. The second-order valence-electron chi connectivity index (χ2n) is 5.56. The van der Waals surface area contributed by atoms with Gasteiger partial charge in [0.15, 0.2) is 0 Å². The first-order valence-corrected chi connectivity index (χ1v) is 4.89. The van der Waals surface area contributed by atoms with E-state index >= 15 is 0 Å². The monoisotopic (exact) mass is 300 g/mol. The smallest absolute Gasteiger partial charge is 0.118 e. The summed E-state index contributed by atoms with van der Waals surface area (Å²) in [5.41, 5.74) is 0. The molecule has 16 heavy (non-hydrogen) atoms. The van der Waals surface area contributed by atoms with Crippen LogP contribution in [-0.2, 0) is 4.79 Å². The lowest BCUT2D eigenvalue weighted by Gasteiger charge is -2.23. The van der Waals surface area contributed by atoms with E-state index in [-0.39, 0.29) is 30.1 Å². The fourth-order valence-corrected chi connectivity index (χ4v) is 0.687. The summed E-state index contributed by atoms with van der Waals surface area (Å²) < 4.78 is 1.26. The number of aliphatic hydroxyl groups excluding tert-OH is 1. The number of likely N-dealkylation sites (N-methyl/N-ethyl adjacent to an activating group) is 2. The fourth-order valence-electron chi connectivity index (χ4n) is 0.687. The van der Waals surface area contributed by atoms with Crippen molar-refractivity contribution < 1.29 is 41.0 Å². The van der Waals surface area contributed by atoms with Crippen LogP contribution < -0.4 is 22.1 Å². The summed E-state index contributed by atoms with van der Waals surface area (Å²) in [7, 11) is 11.6. The van der Waals surface area contributed by atoms with Gasteiger partial charge in [-0.25, -0.2) is 0 Å². The van der Waals surface area contributed by atoms with E-state index in [0.29, 0.717) is 4.48 Å². The lowest BCUT2D eigenvalue weighted by atomic mass is 10.5. The van der Waals surface area contributed by atoms with Crippen molar-refractivity contribution in [3.05, 3.63) is 0 Å². The number of aliphatic hydroxyl groups is 1. The van der Waals surface area contributed by atoms with Crippen LogP contribution in [0.25, 0.3) is 0 Å². The maximum absolute atomic E-state index is 9.89. The fraction of sp³-hybridized carbons (Fsp3) is 0.900. The molecule has 0 aliphatic carbocycles. The van der Waals surface area contributed by atoms with Crippen LogP contribution >= 0.6 is 0 Å². The van der Waals surface area contributed by atoms with E-state index < -0.39 is 5.97 Å². The molecular formula is C10H25BrN2O3. The van der Waals surface area contributed by atoms with Crippen molar-refractivity contribution >= 4 is 5.97 Å². The Bertz CT molecular complexity index is 185. The van der Waals surface area contributed by atoms with Crippen LogP contribution in [0.3, 0.4) is 0 Å². The van der Waals surface area contributed by atoms with Crippen LogP contribution in [0.1, 0.15) is 0 Å². The summed E-state index contributed by atoms with van der Waals surface area (Å²) in [5.74, 6) is -1.00. The molecule has 0 unspecified atom stereocenters. The SMILES string of the molecule is C[N+](C)(C)CC(=O)[O-].C[N+](C)(C)CCO.[Br-]. The van der Waals surface area contributed by atoms with Crippen LogP contribution in [0.15, 0.2) is 0 Å². The highest BCUT2D eigenvalue weighted by atomic mass is 79.9. The van der Waals surface area contributed by atoms with E-state index in [2.05, 4.69) is 21.1 Å². The molecule has 5 nitrogen and oxygen atoms in total. The third-order valence-electron chi connectivity index (χ3n) is 1.37. The minimum atomic E-state index is -1.00. The van der Waals surface area contributed by atoms with Gasteiger partial charge in [-0.1, -0.05) is 0 Å². The van der Waals surface area contributed by atoms with Crippen molar-refractivity contribution in [1.29, 1.82) is 0 Å². The van der Waals surface area contributed by atoms with Gasteiger partial charge < -0.3 is 41.0 Å². The molecule has 0 aromatic heterocycles. The number of hydrogen-bond acceptors (Lipinski definition) is 3. The summed E-state index contributed by atoms with van der Waals surface area (Å²) in [6.07, 6.45) is 0. The van der Waals surface area contributed by atoms with Crippen molar-refractivity contribution in [2.45, 2.75) is 0 Å². The second kappa shape index (κ2) is 8.92. The third kappa shape index (κ3) is 29.2. The summed E-state index contributed by atoms with van der Waals surface area (Å²) >= 11 is 0. The maximum Gasteiger partial charge on any atom is 0.118 e. The Morgan fingerprint density at radius 2 is 1.44 bits per heavy atom. The van der Waals surface area contributed by atoms with Gasteiger partial charge in [-0.15, -0.1) is 0 Å². The Morgan fingerprint density at radius 3 is 1.44 bits per heavy atom. The van der Waals surface area contributed by atoms with Crippen molar-refractivity contribution in [3.63, 3.8) is 0 Å². The normalized spacial score (nSPS) is 10.9. The number of rotatable bonds is 4. The molecule has 1 N–H and O–H groups in total. The van der Waals surface area contributed by atoms with Gasteiger partial charge in [0.1, 0.15) is 13.1 Å². The predicted octanol–water partition coefficient (Wildman–Crippen LogP) is -4.87. The lowest BCUT2D eigenvalue weighted by molar-refractivity contribution is -0.870. The van der Waals surface area contributed by atoms with Crippen molar-refractivity contribution in [2.75, 3.05) is 62.0 Å². The number of hydrogen-bond donors (Lipinski definition) is 1. The molecule has 0 saturated heterocycles. The van der Waals surface area contributed by atoms with E-state index in [4.69, 9.17) is 5.11 Å². The van der Waals surface area contributed by atoms with Gasteiger partial charge >= 0.3 is 0 Å². The summed E-state index contributed by atoms with van der Waals surface area (Å²) in [6.45, 7) is 1.18. The molecule has 0 aromatic rings. The van der Waals surface area contributed by atoms with Gasteiger partial charge in [-0.2, -0.15) is 0 Å². The van der Waals surface area contributed by atoms with Crippen LogP contribution in [-0.4, -0.2) is 82.0 Å². The molecular weight excluding hydrogens is 276 g/mol.